The van der Waals surface area contributed by atoms with E-state index in [9.17, 15) is 10.1 Å². The standard InChI is InChI=1S/C12H14N4O4/c1-7(6-13)11-14-12(20-15-11)8-3-4-9(16(17)18)10(5-8)19-2/h3-5,7H,6,13H2,1-2H3. The van der Waals surface area contributed by atoms with Gasteiger partial charge in [-0.1, -0.05) is 12.1 Å². The van der Waals surface area contributed by atoms with Crippen molar-refractivity contribution in [2.75, 3.05) is 13.7 Å². The summed E-state index contributed by atoms with van der Waals surface area (Å²) in [5, 5.41) is 14.7. The summed E-state index contributed by atoms with van der Waals surface area (Å²) in [6, 6.07) is 4.36. The lowest BCUT2D eigenvalue weighted by Gasteiger charge is -2.02. The molecule has 20 heavy (non-hydrogen) atoms. The third kappa shape index (κ3) is 2.59. The molecule has 0 saturated heterocycles. The van der Waals surface area contributed by atoms with Gasteiger partial charge in [0, 0.05) is 30.2 Å². The molecule has 2 aromatic rings. The molecule has 1 aromatic heterocycles. The van der Waals surface area contributed by atoms with Crippen molar-refractivity contribution in [1.82, 2.24) is 10.1 Å². The SMILES string of the molecule is COc1cc(-c2nc(C(C)CN)no2)ccc1[N+](=O)[O-]. The molecule has 0 aliphatic heterocycles. The fraction of sp³-hybridized carbons (Fsp3) is 0.333. The Morgan fingerprint density at radius 3 is 2.90 bits per heavy atom. The molecule has 0 radical (unpaired) electrons. The van der Waals surface area contributed by atoms with E-state index in [2.05, 4.69) is 10.1 Å². The molecule has 0 saturated carbocycles. The van der Waals surface area contributed by atoms with E-state index in [1.807, 2.05) is 6.92 Å². The average Bonchev–Trinajstić information content (AvgIpc) is 2.95. The summed E-state index contributed by atoms with van der Waals surface area (Å²) in [4.78, 5) is 14.5. The van der Waals surface area contributed by atoms with Gasteiger partial charge in [0.25, 0.3) is 5.89 Å². The number of aromatic nitrogens is 2. The summed E-state index contributed by atoms with van der Waals surface area (Å²) in [5.41, 5.74) is 5.97. The number of hydrogen-bond acceptors (Lipinski definition) is 7. The first kappa shape index (κ1) is 13.9. The van der Waals surface area contributed by atoms with Crippen molar-refractivity contribution in [3.63, 3.8) is 0 Å². The van der Waals surface area contributed by atoms with Gasteiger partial charge in [0.1, 0.15) is 0 Å². The third-order valence-corrected chi connectivity index (χ3v) is 2.86. The Morgan fingerprint density at radius 2 is 2.30 bits per heavy atom. The van der Waals surface area contributed by atoms with E-state index in [-0.39, 0.29) is 23.2 Å². The van der Waals surface area contributed by atoms with Gasteiger partial charge in [-0.3, -0.25) is 10.1 Å². The van der Waals surface area contributed by atoms with Crippen LogP contribution in [0.2, 0.25) is 0 Å². The van der Waals surface area contributed by atoms with Gasteiger partial charge in [-0.15, -0.1) is 0 Å². The van der Waals surface area contributed by atoms with Gasteiger partial charge in [-0.25, -0.2) is 0 Å². The zero-order valence-corrected chi connectivity index (χ0v) is 11.1. The molecular formula is C12H14N4O4. The van der Waals surface area contributed by atoms with E-state index in [4.69, 9.17) is 15.0 Å². The first-order valence-corrected chi connectivity index (χ1v) is 5.93. The topological polar surface area (TPSA) is 117 Å². The van der Waals surface area contributed by atoms with Crippen LogP contribution in [-0.2, 0) is 0 Å². The van der Waals surface area contributed by atoms with E-state index in [1.54, 1.807) is 0 Å². The lowest BCUT2D eigenvalue weighted by molar-refractivity contribution is -0.385. The van der Waals surface area contributed by atoms with Gasteiger partial charge >= 0.3 is 5.69 Å². The van der Waals surface area contributed by atoms with Gasteiger partial charge in [0.05, 0.1) is 12.0 Å². The Hall–Kier alpha value is -2.48. The Labute approximate surface area is 114 Å². The minimum atomic E-state index is -0.516. The second-order valence-corrected chi connectivity index (χ2v) is 4.24. The summed E-state index contributed by atoms with van der Waals surface area (Å²) < 4.78 is 10.1. The van der Waals surface area contributed by atoms with Crippen molar-refractivity contribution in [3.8, 4) is 17.2 Å². The van der Waals surface area contributed by atoms with Crippen LogP contribution in [0.5, 0.6) is 5.75 Å². The molecule has 0 aliphatic rings. The molecule has 0 fully saturated rings. The Kier molecular flexibility index (Phi) is 3.94. The molecule has 1 heterocycles. The normalized spacial score (nSPS) is 12.2. The second kappa shape index (κ2) is 5.66. The predicted octanol–water partition coefficient (Wildman–Crippen LogP) is 1.72. The number of nitro groups is 1. The molecule has 0 amide bonds. The average molecular weight is 278 g/mol. The van der Waals surface area contributed by atoms with Gasteiger partial charge in [-0.2, -0.15) is 4.98 Å². The fourth-order valence-corrected chi connectivity index (χ4v) is 1.62. The fourth-order valence-electron chi connectivity index (χ4n) is 1.62. The molecule has 2 rings (SSSR count). The molecule has 106 valence electrons. The van der Waals surface area contributed by atoms with Gasteiger partial charge in [0.2, 0.25) is 0 Å². The number of rotatable bonds is 5. The molecule has 0 aliphatic carbocycles. The van der Waals surface area contributed by atoms with Crippen molar-refractivity contribution in [1.29, 1.82) is 0 Å². The monoisotopic (exact) mass is 278 g/mol. The largest absolute Gasteiger partial charge is 0.490 e. The molecule has 1 unspecified atom stereocenters. The van der Waals surface area contributed by atoms with Crippen LogP contribution >= 0.6 is 0 Å². The Bertz CT molecular complexity index is 626. The van der Waals surface area contributed by atoms with Crippen molar-refractivity contribution < 1.29 is 14.2 Å². The zero-order valence-electron chi connectivity index (χ0n) is 11.1. The summed E-state index contributed by atoms with van der Waals surface area (Å²) in [7, 11) is 1.36. The Balaban J connectivity index is 2.38. The molecule has 0 spiro atoms. The van der Waals surface area contributed by atoms with Crippen LogP contribution in [-0.4, -0.2) is 28.7 Å². The van der Waals surface area contributed by atoms with Gasteiger partial charge in [-0.05, 0) is 6.07 Å². The van der Waals surface area contributed by atoms with Crippen molar-refractivity contribution in [3.05, 3.63) is 34.1 Å². The summed E-state index contributed by atoms with van der Waals surface area (Å²) in [5.74, 6) is 0.889. The van der Waals surface area contributed by atoms with Crippen LogP contribution < -0.4 is 10.5 Å². The van der Waals surface area contributed by atoms with Crippen molar-refractivity contribution in [2.45, 2.75) is 12.8 Å². The maximum Gasteiger partial charge on any atom is 0.310 e. The van der Waals surface area contributed by atoms with Gasteiger partial charge < -0.3 is 15.0 Å². The quantitative estimate of drug-likeness (QED) is 0.653. The molecule has 8 nitrogen and oxygen atoms in total. The molecule has 1 atom stereocenters. The number of hydrogen-bond donors (Lipinski definition) is 1. The number of ether oxygens (including phenoxy) is 1. The molecular weight excluding hydrogens is 264 g/mol. The van der Waals surface area contributed by atoms with Gasteiger partial charge in [0.15, 0.2) is 11.6 Å². The van der Waals surface area contributed by atoms with Crippen molar-refractivity contribution in [2.24, 2.45) is 5.73 Å². The highest BCUT2D eigenvalue weighted by molar-refractivity contribution is 5.61. The number of benzene rings is 1. The highest BCUT2D eigenvalue weighted by Crippen LogP contribution is 2.31. The molecule has 1 aromatic carbocycles. The van der Waals surface area contributed by atoms with E-state index < -0.39 is 4.92 Å². The van der Waals surface area contributed by atoms with Crippen LogP contribution in [0, 0.1) is 10.1 Å². The molecule has 8 heteroatoms. The highest BCUT2D eigenvalue weighted by Gasteiger charge is 2.19. The first-order valence-electron chi connectivity index (χ1n) is 5.93. The van der Waals surface area contributed by atoms with E-state index in [0.717, 1.165) is 0 Å². The van der Waals surface area contributed by atoms with E-state index in [0.29, 0.717) is 17.9 Å². The van der Waals surface area contributed by atoms with E-state index in [1.165, 1.54) is 25.3 Å². The smallest absolute Gasteiger partial charge is 0.310 e. The minimum Gasteiger partial charge on any atom is -0.490 e. The predicted molar refractivity (Wildman–Crippen MR) is 70.4 cm³/mol. The van der Waals surface area contributed by atoms with Crippen LogP contribution in [0.4, 0.5) is 5.69 Å². The van der Waals surface area contributed by atoms with Crippen LogP contribution in [0.25, 0.3) is 11.5 Å². The molecule has 2 N–H and O–H groups in total. The Morgan fingerprint density at radius 1 is 1.55 bits per heavy atom. The van der Waals surface area contributed by atoms with Crippen LogP contribution in [0.1, 0.15) is 18.7 Å². The van der Waals surface area contributed by atoms with Crippen molar-refractivity contribution >= 4 is 5.69 Å². The maximum absolute atomic E-state index is 10.8. The number of nitrogens with two attached hydrogens (primary N) is 1. The first-order chi connectivity index (χ1) is 9.56. The maximum atomic E-state index is 10.8. The van der Waals surface area contributed by atoms with E-state index >= 15 is 0 Å². The number of nitro benzene ring substituents is 1. The minimum absolute atomic E-state index is 0.0209. The second-order valence-electron chi connectivity index (χ2n) is 4.24. The lowest BCUT2D eigenvalue weighted by atomic mass is 10.1. The molecule has 0 bridgehead atoms. The third-order valence-electron chi connectivity index (χ3n) is 2.86. The number of methoxy groups -OCH3 is 1. The highest BCUT2D eigenvalue weighted by atomic mass is 16.6. The zero-order chi connectivity index (χ0) is 14.7. The lowest BCUT2D eigenvalue weighted by Crippen LogP contribution is -2.10. The van der Waals surface area contributed by atoms with Crippen LogP contribution in [0.3, 0.4) is 0 Å². The summed E-state index contributed by atoms with van der Waals surface area (Å²) >= 11 is 0. The van der Waals surface area contributed by atoms with Crippen LogP contribution in [0.15, 0.2) is 22.7 Å². The summed E-state index contributed by atoms with van der Waals surface area (Å²) in [6.07, 6.45) is 0. The number of nitrogens with zero attached hydrogens (tertiary/aromatic N) is 3. The summed E-state index contributed by atoms with van der Waals surface area (Å²) in [6.45, 7) is 2.29.